The largest absolute Gasteiger partial charge is 0.165 e. The van der Waals surface area contributed by atoms with Gasteiger partial charge in [-0.3, -0.25) is 0 Å². The predicted molar refractivity (Wildman–Crippen MR) is 73.9 cm³/mol. The molecular weight excluding hydrogens is 218 g/mol. The van der Waals surface area contributed by atoms with Gasteiger partial charge >= 0.3 is 0 Å². The van der Waals surface area contributed by atoms with Gasteiger partial charge in [0.05, 0.1) is 0 Å². The van der Waals surface area contributed by atoms with E-state index >= 15 is 0 Å². The minimum atomic E-state index is 0.672. The van der Waals surface area contributed by atoms with Crippen LogP contribution in [0.15, 0.2) is 5.11 Å². The van der Waals surface area contributed by atoms with E-state index in [4.69, 9.17) is 5.53 Å². The number of hydrogen-bond acceptors (Lipinski definition) is 2. The Morgan fingerprint density at radius 1 is 0.875 bits per heavy atom. The van der Waals surface area contributed by atoms with Crippen LogP contribution < -0.4 is 0 Å². The van der Waals surface area contributed by atoms with Gasteiger partial charge in [0.2, 0.25) is 0 Å². The van der Waals surface area contributed by atoms with Crippen LogP contribution in [0.1, 0.15) is 57.8 Å². The Bertz CT molecular complexity index is 179. The maximum atomic E-state index is 8.08. The monoisotopic (exact) mass is 243 g/mol. The number of hydrogen-bond donors (Lipinski definition) is 0. The van der Waals surface area contributed by atoms with Gasteiger partial charge in [-0.15, -0.1) is 0 Å². The molecule has 0 spiro atoms. The fourth-order valence-corrected chi connectivity index (χ4v) is 2.20. The van der Waals surface area contributed by atoms with Gasteiger partial charge in [-0.2, -0.15) is 11.8 Å². The Morgan fingerprint density at radius 2 is 1.38 bits per heavy atom. The van der Waals surface area contributed by atoms with E-state index in [0.717, 1.165) is 6.42 Å². The van der Waals surface area contributed by atoms with E-state index < -0.39 is 0 Å². The molecule has 0 aromatic heterocycles. The molecule has 0 saturated carbocycles. The zero-order valence-electron chi connectivity index (χ0n) is 10.5. The van der Waals surface area contributed by atoms with Crippen LogP contribution in [0.4, 0.5) is 0 Å². The number of thioether (sulfide) groups is 1. The zero-order chi connectivity index (χ0) is 11.9. The van der Waals surface area contributed by atoms with Crippen LogP contribution in [0.2, 0.25) is 0 Å². The molecule has 0 N–H and O–H groups in total. The van der Waals surface area contributed by atoms with Gasteiger partial charge in [0, 0.05) is 11.5 Å². The summed E-state index contributed by atoms with van der Waals surface area (Å²) in [5.41, 5.74) is 8.08. The molecule has 0 bridgehead atoms. The second-order valence-electron chi connectivity index (χ2n) is 4.13. The highest BCUT2D eigenvalue weighted by atomic mass is 32.2. The lowest BCUT2D eigenvalue weighted by atomic mass is 10.1. The first-order valence-electron chi connectivity index (χ1n) is 6.41. The molecular formula is C12H25N3S. The molecule has 16 heavy (non-hydrogen) atoms. The molecule has 0 unspecified atom stereocenters. The van der Waals surface area contributed by atoms with Crippen molar-refractivity contribution in [2.24, 2.45) is 5.11 Å². The highest BCUT2D eigenvalue weighted by molar-refractivity contribution is 7.98. The summed E-state index contributed by atoms with van der Waals surface area (Å²) in [7, 11) is 0. The summed E-state index contributed by atoms with van der Waals surface area (Å²) < 4.78 is 0. The number of nitrogens with zero attached hydrogens (tertiary/aromatic N) is 3. The Kier molecular flexibility index (Phi) is 14.3. The average Bonchev–Trinajstić information content (AvgIpc) is 2.31. The number of azide groups is 1. The molecule has 3 nitrogen and oxygen atoms in total. The summed E-state index contributed by atoms with van der Waals surface area (Å²) in [5, 5.41) is 3.53. The summed E-state index contributed by atoms with van der Waals surface area (Å²) in [5.74, 6) is 1.32. The first-order valence-corrected chi connectivity index (χ1v) is 7.81. The molecule has 4 heteroatoms. The van der Waals surface area contributed by atoms with Crippen molar-refractivity contribution < 1.29 is 0 Å². The first kappa shape index (κ1) is 15.7. The van der Waals surface area contributed by atoms with Gasteiger partial charge in [0.1, 0.15) is 0 Å². The standard InChI is InChI=1S/C12H25N3S/c1-16-12-10-8-6-4-2-3-5-7-9-11-14-15-13/h2-12H2,1H3. The van der Waals surface area contributed by atoms with Crippen molar-refractivity contribution in [3.05, 3.63) is 10.4 Å². The van der Waals surface area contributed by atoms with Crippen molar-refractivity contribution in [1.82, 2.24) is 0 Å². The van der Waals surface area contributed by atoms with Gasteiger partial charge < -0.3 is 0 Å². The lowest BCUT2D eigenvalue weighted by Crippen LogP contribution is -1.84. The maximum Gasteiger partial charge on any atom is 0.0257 e. The number of unbranched alkanes of at least 4 members (excludes halogenated alkanes) is 8. The van der Waals surface area contributed by atoms with Gasteiger partial charge in [-0.05, 0) is 30.4 Å². The summed E-state index contributed by atoms with van der Waals surface area (Å²) in [6.07, 6.45) is 14.0. The lowest BCUT2D eigenvalue weighted by molar-refractivity contribution is 0.567. The second kappa shape index (κ2) is 14.7. The van der Waals surface area contributed by atoms with Crippen LogP contribution in [0.5, 0.6) is 0 Å². The van der Waals surface area contributed by atoms with Crippen molar-refractivity contribution in [2.45, 2.75) is 57.8 Å². The molecule has 0 aliphatic rings. The fraction of sp³-hybridized carbons (Fsp3) is 1.00. The average molecular weight is 243 g/mol. The summed E-state index contributed by atoms with van der Waals surface area (Å²) in [6, 6.07) is 0. The van der Waals surface area contributed by atoms with Crippen LogP contribution in [-0.4, -0.2) is 18.6 Å². The topological polar surface area (TPSA) is 48.8 Å². The Labute approximate surface area is 104 Å². The van der Waals surface area contributed by atoms with Gasteiger partial charge in [0.15, 0.2) is 0 Å². The van der Waals surface area contributed by atoms with Gasteiger partial charge in [0.25, 0.3) is 0 Å². The quantitative estimate of drug-likeness (QED) is 0.202. The van der Waals surface area contributed by atoms with Crippen LogP contribution in [-0.2, 0) is 0 Å². The molecule has 0 atom stereocenters. The normalized spacial score (nSPS) is 10.1. The molecule has 0 aromatic carbocycles. The molecule has 0 aliphatic carbocycles. The first-order chi connectivity index (χ1) is 7.91. The van der Waals surface area contributed by atoms with E-state index in [-0.39, 0.29) is 0 Å². The molecule has 0 amide bonds. The van der Waals surface area contributed by atoms with E-state index in [2.05, 4.69) is 16.3 Å². The molecule has 0 aromatic rings. The minimum Gasteiger partial charge on any atom is -0.165 e. The fourth-order valence-electron chi connectivity index (χ4n) is 1.71. The van der Waals surface area contributed by atoms with Crippen molar-refractivity contribution in [3.8, 4) is 0 Å². The van der Waals surface area contributed by atoms with Crippen molar-refractivity contribution in [3.63, 3.8) is 0 Å². The van der Waals surface area contributed by atoms with E-state index in [1.54, 1.807) is 0 Å². The molecule has 0 aliphatic heterocycles. The lowest BCUT2D eigenvalue weighted by Gasteiger charge is -2.01. The van der Waals surface area contributed by atoms with Crippen LogP contribution >= 0.6 is 11.8 Å². The molecule has 0 saturated heterocycles. The number of rotatable bonds is 12. The minimum absolute atomic E-state index is 0.672. The maximum absolute atomic E-state index is 8.08. The third-order valence-corrected chi connectivity index (χ3v) is 3.37. The summed E-state index contributed by atoms with van der Waals surface area (Å²) in [4.78, 5) is 2.74. The highest BCUT2D eigenvalue weighted by Gasteiger charge is 1.92. The SMILES string of the molecule is CSCCCCCCCCCCCN=[N+]=[N-]. The summed E-state index contributed by atoms with van der Waals surface area (Å²) >= 11 is 1.95. The van der Waals surface area contributed by atoms with Crippen LogP contribution in [0, 0.1) is 0 Å². The highest BCUT2D eigenvalue weighted by Crippen LogP contribution is 2.10. The third kappa shape index (κ3) is 13.7. The molecule has 0 rings (SSSR count). The summed E-state index contributed by atoms with van der Waals surface area (Å²) in [6.45, 7) is 0.672. The van der Waals surface area contributed by atoms with E-state index in [9.17, 15) is 0 Å². The van der Waals surface area contributed by atoms with E-state index in [1.165, 1.54) is 57.1 Å². The van der Waals surface area contributed by atoms with Crippen LogP contribution in [0.3, 0.4) is 0 Å². The van der Waals surface area contributed by atoms with Crippen molar-refractivity contribution >= 4 is 11.8 Å². The Balaban J connectivity index is 2.90. The molecule has 0 heterocycles. The smallest absolute Gasteiger partial charge is 0.0257 e. The Hall–Kier alpha value is -0.340. The van der Waals surface area contributed by atoms with Gasteiger partial charge in [-0.1, -0.05) is 50.1 Å². The third-order valence-electron chi connectivity index (χ3n) is 2.67. The second-order valence-corrected chi connectivity index (χ2v) is 5.11. The van der Waals surface area contributed by atoms with Crippen molar-refractivity contribution in [2.75, 3.05) is 18.6 Å². The molecule has 0 fully saturated rings. The van der Waals surface area contributed by atoms with E-state index in [1.807, 2.05) is 11.8 Å². The zero-order valence-corrected chi connectivity index (χ0v) is 11.3. The Morgan fingerprint density at radius 3 is 1.88 bits per heavy atom. The molecule has 94 valence electrons. The van der Waals surface area contributed by atoms with Crippen LogP contribution in [0.25, 0.3) is 10.4 Å². The van der Waals surface area contributed by atoms with Gasteiger partial charge in [-0.25, -0.2) is 0 Å². The molecule has 0 radical (unpaired) electrons. The van der Waals surface area contributed by atoms with E-state index in [0.29, 0.717) is 6.54 Å². The predicted octanol–water partition coefficient (Wildman–Crippen LogP) is 5.17. The van der Waals surface area contributed by atoms with Crippen molar-refractivity contribution in [1.29, 1.82) is 0 Å².